The minimum absolute atomic E-state index is 0.0347. The number of amides is 2. The monoisotopic (exact) mass is 422 g/mol. The van der Waals surface area contributed by atoms with Gasteiger partial charge in [0.1, 0.15) is 11.6 Å². The molecule has 0 spiro atoms. The van der Waals surface area contributed by atoms with Crippen LogP contribution < -0.4 is 20.1 Å². The molecule has 2 aromatic rings. The topological polar surface area (TPSA) is 102 Å². The van der Waals surface area contributed by atoms with Gasteiger partial charge in [-0.1, -0.05) is 18.2 Å². The SMILES string of the molecule is C=C(CCC(=O)NCc1ccc(OC)nn1)NC(=O)COc1ccc(Cl)c(F)c1. The van der Waals surface area contributed by atoms with E-state index in [1.165, 1.54) is 19.2 Å². The molecule has 0 atom stereocenters. The van der Waals surface area contributed by atoms with E-state index in [1.807, 2.05) is 0 Å². The van der Waals surface area contributed by atoms with Gasteiger partial charge in [0.05, 0.1) is 24.4 Å². The van der Waals surface area contributed by atoms with Crippen LogP contribution in [0.25, 0.3) is 0 Å². The Morgan fingerprint density at radius 2 is 1.97 bits per heavy atom. The molecule has 1 heterocycles. The Labute approximate surface area is 172 Å². The maximum Gasteiger partial charge on any atom is 0.262 e. The van der Waals surface area contributed by atoms with E-state index in [9.17, 15) is 14.0 Å². The van der Waals surface area contributed by atoms with E-state index in [-0.39, 0.29) is 42.7 Å². The number of nitrogens with zero attached hydrogens (tertiary/aromatic N) is 2. The second kappa shape index (κ2) is 11.0. The van der Waals surface area contributed by atoms with Crippen molar-refractivity contribution in [1.82, 2.24) is 20.8 Å². The van der Waals surface area contributed by atoms with Crippen molar-refractivity contribution < 1.29 is 23.5 Å². The summed E-state index contributed by atoms with van der Waals surface area (Å²) in [7, 11) is 1.49. The number of ether oxygens (including phenoxy) is 2. The number of carbonyl (C=O) groups excluding carboxylic acids is 2. The number of benzene rings is 1. The lowest BCUT2D eigenvalue weighted by Gasteiger charge is -2.10. The van der Waals surface area contributed by atoms with Gasteiger partial charge >= 0.3 is 0 Å². The van der Waals surface area contributed by atoms with Gasteiger partial charge in [0.25, 0.3) is 5.91 Å². The van der Waals surface area contributed by atoms with Gasteiger partial charge in [-0.2, -0.15) is 5.10 Å². The number of nitrogens with one attached hydrogen (secondary N) is 2. The standard InChI is InChI=1S/C19H20ClFN4O4/c1-12(23-18(27)11-29-14-5-6-15(20)16(21)9-14)3-7-17(26)22-10-13-4-8-19(28-2)25-24-13/h4-6,8-9H,1,3,7,10-11H2,2H3,(H,22,26)(H,23,27). The zero-order valence-electron chi connectivity index (χ0n) is 15.7. The molecule has 2 amide bonds. The van der Waals surface area contributed by atoms with Crippen molar-refractivity contribution in [2.24, 2.45) is 0 Å². The van der Waals surface area contributed by atoms with Crippen LogP contribution >= 0.6 is 11.6 Å². The molecule has 8 nitrogen and oxygen atoms in total. The highest BCUT2D eigenvalue weighted by atomic mass is 35.5. The van der Waals surface area contributed by atoms with Gasteiger partial charge < -0.3 is 20.1 Å². The van der Waals surface area contributed by atoms with E-state index < -0.39 is 11.7 Å². The Morgan fingerprint density at radius 3 is 2.62 bits per heavy atom. The molecule has 0 aliphatic rings. The third-order valence-electron chi connectivity index (χ3n) is 3.60. The molecule has 0 radical (unpaired) electrons. The highest BCUT2D eigenvalue weighted by molar-refractivity contribution is 6.30. The van der Waals surface area contributed by atoms with E-state index in [2.05, 4.69) is 27.4 Å². The van der Waals surface area contributed by atoms with Gasteiger partial charge in [0.2, 0.25) is 11.8 Å². The summed E-state index contributed by atoms with van der Waals surface area (Å²) >= 11 is 5.58. The molecule has 1 aromatic carbocycles. The first-order chi connectivity index (χ1) is 13.9. The van der Waals surface area contributed by atoms with Crippen LogP contribution in [0.4, 0.5) is 4.39 Å². The van der Waals surface area contributed by atoms with Crippen LogP contribution in [0.5, 0.6) is 11.6 Å². The fourth-order valence-corrected chi connectivity index (χ4v) is 2.22. The number of hydrogen-bond donors (Lipinski definition) is 2. The first-order valence-electron chi connectivity index (χ1n) is 8.56. The predicted octanol–water partition coefficient (Wildman–Crippen LogP) is 2.38. The molecule has 10 heteroatoms. The van der Waals surface area contributed by atoms with E-state index >= 15 is 0 Å². The maximum absolute atomic E-state index is 13.3. The zero-order valence-corrected chi connectivity index (χ0v) is 16.5. The second-order valence-electron chi connectivity index (χ2n) is 5.86. The first-order valence-corrected chi connectivity index (χ1v) is 8.94. The average molecular weight is 423 g/mol. The molecule has 0 bridgehead atoms. The van der Waals surface area contributed by atoms with Crippen molar-refractivity contribution in [3.63, 3.8) is 0 Å². The Kier molecular flexibility index (Phi) is 8.35. The molecule has 154 valence electrons. The summed E-state index contributed by atoms with van der Waals surface area (Å²) in [6.45, 7) is 3.59. The fraction of sp³-hybridized carbons (Fsp3) is 0.263. The number of halogens is 2. The van der Waals surface area contributed by atoms with Gasteiger partial charge in [-0.3, -0.25) is 9.59 Å². The van der Waals surface area contributed by atoms with E-state index in [0.29, 0.717) is 17.3 Å². The molecule has 29 heavy (non-hydrogen) atoms. The summed E-state index contributed by atoms with van der Waals surface area (Å²) in [6, 6.07) is 7.20. The number of hydrogen-bond acceptors (Lipinski definition) is 6. The molecule has 0 aliphatic heterocycles. The number of allylic oxidation sites excluding steroid dienone is 1. The van der Waals surface area contributed by atoms with Crippen molar-refractivity contribution >= 4 is 23.4 Å². The summed E-state index contributed by atoms with van der Waals surface area (Å²) in [5.41, 5.74) is 0.947. The maximum atomic E-state index is 13.3. The largest absolute Gasteiger partial charge is 0.484 e. The molecule has 0 aliphatic carbocycles. The number of carbonyl (C=O) groups is 2. The van der Waals surface area contributed by atoms with Gasteiger partial charge in [-0.05, 0) is 24.6 Å². The summed E-state index contributed by atoms with van der Waals surface area (Å²) in [4.78, 5) is 23.7. The number of rotatable bonds is 10. The first kappa shape index (κ1) is 22.1. The lowest BCUT2D eigenvalue weighted by atomic mass is 10.2. The molecule has 0 fully saturated rings. The molecule has 2 rings (SSSR count). The third kappa shape index (κ3) is 7.74. The summed E-state index contributed by atoms with van der Waals surface area (Å²) in [6.07, 6.45) is 0.382. The lowest BCUT2D eigenvalue weighted by Crippen LogP contribution is -2.29. The molecule has 0 saturated heterocycles. The number of methoxy groups -OCH3 is 1. The van der Waals surface area contributed by atoms with Crippen LogP contribution in [-0.4, -0.2) is 35.7 Å². The van der Waals surface area contributed by atoms with Crippen LogP contribution in [0.2, 0.25) is 5.02 Å². The minimum Gasteiger partial charge on any atom is -0.484 e. The highest BCUT2D eigenvalue weighted by Crippen LogP contribution is 2.20. The average Bonchev–Trinajstić information content (AvgIpc) is 2.72. The summed E-state index contributed by atoms with van der Waals surface area (Å²) in [5.74, 6) is -0.781. The van der Waals surface area contributed by atoms with Crippen LogP contribution in [0.3, 0.4) is 0 Å². The smallest absolute Gasteiger partial charge is 0.262 e. The van der Waals surface area contributed by atoms with Crippen molar-refractivity contribution in [3.8, 4) is 11.6 Å². The lowest BCUT2D eigenvalue weighted by molar-refractivity contribution is -0.123. The molecule has 1 aromatic heterocycles. The van der Waals surface area contributed by atoms with E-state index in [0.717, 1.165) is 6.07 Å². The highest BCUT2D eigenvalue weighted by Gasteiger charge is 2.09. The minimum atomic E-state index is -0.638. The normalized spacial score (nSPS) is 10.2. The quantitative estimate of drug-likeness (QED) is 0.609. The molecule has 0 unspecified atom stereocenters. The summed E-state index contributed by atoms with van der Waals surface area (Å²) in [5, 5.41) is 12.9. The van der Waals surface area contributed by atoms with Crippen LogP contribution in [-0.2, 0) is 16.1 Å². The molecule has 0 saturated carbocycles. The van der Waals surface area contributed by atoms with Gasteiger partial charge in [-0.15, -0.1) is 5.10 Å². The van der Waals surface area contributed by atoms with Crippen LogP contribution in [0.15, 0.2) is 42.6 Å². The van der Waals surface area contributed by atoms with Gasteiger partial charge in [-0.25, -0.2) is 4.39 Å². The van der Waals surface area contributed by atoms with E-state index in [4.69, 9.17) is 21.1 Å². The van der Waals surface area contributed by atoms with Crippen molar-refractivity contribution in [2.75, 3.05) is 13.7 Å². The molecular weight excluding hydrogens is 403 g/mol. The predicted molar refractivity (Wildman–Crippen MR) is 104 cm³/mol. The number of aromatic nitrogens is 2. The third-order valence-corrected chi connectivity index (χ3v) is 3.91. The Hall–Kier alpha value is -3.20. The van der Waals surface area contributed by atoms with Crippen molar-refractivity contribution in [2.45, 2.75) is 19.4 Å². The van der Waals surface area contributed by atoms with Crippen LogP contribution in [0, 0.1) is 5.82 Å². The summed E-state index contributed by atoms with van der Waals surface area (Å²) < 4.78 is 23.4. The molecule has 2 N–H and O–H groups in total. The van der Waals surface area contributed by atoms with Crippen molar-refractivity contribution in [1.29, 1.82) is 0 Å². The van der Waals surface area contributed by atoms with Crippen molar-refractivity contribution in [3.05, 3.63) is 59.1 Å². The Bertz CT molecular complexity index is 877. The fourth-order valence-electron chi connectivity index (χ4n) is 2.10. The zero-order chi connectivity index (χ0) is 21.2. The van der Waals surface area contributed by atoms with Crippen LogP contribution in [0.1, 0.15) is 18.5 Å². The van der Waals surface area contributed by atoms with Gasteiger partial charge in [0, 0.05) is 24.3 Å². The Morgan fingerprint density at radius 1 is 1.17 bits per heavy atom. The van der Waals surface area contributed by atoms with E-state index in [1.54, 1.807) is 12.1 Å². The second-order valence-corrected chi connectivity index (χ2v) is 6.27. The van der Waals surface area contributed by atoms with Gasteiger partial charge in [0.15, 0.2) is 6.61 Å². The Balaban J connectivity index is 1.65. The molecular formula is C19H20ClFN4O4.